The predicted molar refractivity (Wildman–Crippen MR) is 164 cm³/mol. The topological polar surface area (TPSA) is 114 Å². The molecule has 4 rings (SSSR count). The molecule has 0 radical (unpaired) electrons. The minimum atomic E-state index is -4.49. The van der Waals surface area contributed by atoms with Crippen LogP contribution >= 0.6 is 0 Å². The Morgan fingerprint density at radius 3 is 2.50 bits per heavy atom. The summed E-state index contributed by atoms with van der Waals surface area (Å²) in [5.41, 5.74) is 1.22. The number of carbonyl (C=O) groups is 3. The maximum Gasteiger partial charge on any atom is 0.416 e. The van der Waals surface area contributed by atoms with Crippen molar-refractivity contribution >= 4 is 23.6 Å². The summed E-state index contributed by atoms with van der Waals surface area (Å²) in [6.07, 6.45) is 0.0670. The summed E-state index contributed by atoms with van der Waals surface area (Å²) in [6, 6.07) is 14.8. The Bertz CT molecular complexity index is 1510. The van der Waals surface area contributed by atoms with Gasteiger partial charge in [-0.1, -0.05) is 44.0 Å². The molecule has 0 bridgehead atoms. The zero-order valence-corrected chi connectivity index (χ0v) is 25.7. The zero-order valence-electron chi connectivity index (χ0n) is 25.7. The molecule has 1 aliphatic rings. The molecule has 1 N–H and O–H groups in total. The van der Waals surface area contributed by atoms with E-state index >= 15 is 0 Å². The van der Waals surface area contributed by atoms with Crippen LogP contribution < -0.4 is 14.4 Å². The summed E-state index contributed by atoms with van der Waals surface area (Å²) in [4.78, 5) is 40.9. The molecular weight excluding hydrogens is 603 g/mol. The van der Waals surface area contributed by atoms with E-state index in [0.29, 0.717) is 28.9 Å². The van der Waals surface area contributed by atoms with Crippen LogP contribution in [0.4, 0.5) is 19.0 Å². The molecule has 9 nitrogen and oxygen atoms in total. The summed E-state index contributed by atoms with van der Waals surface area (Å²) in [6.45, 7) is 2.69. The SMILES string of the molecule is CCCCCC(=O)N(CCCOc1ccc2c(c1)CN(Cc1ccc(C(F)(F)F)cc1)C(=O)C(CC(=O)O)C2)c1cccc[n+]1[O-]. The molecule has 1 aliphatic heterocycles. The van der Waals surface area contributed by atoms with Crippen molar-refractivity contribution in [3.63, 3.8) is 0 Å². The quantitative estimate of drug-likeness (QED) is 0.133. The number of hydrogen-bond donors (Lipinski definition) is 1. The molecule has 1 unspecified atom stereocenters. The summed E-state index contributed by atoms with van der Waals surface area (Å²) >= 11 is 0. The Morgan fingerprint density at radius 2 is 1.83 bits per heavy atom. The number of carboxylic acid groups (broad SMARTS) is 1. The highest BCUT2D eigenvalue weighted by atomic mass is 19.4. The van der Waals surface area contributed by atoms with Gasteiger partial charge >= 0.3 is 18.1 Å². The Balaban J connectivity index is 1.46. The number of unbranched alkanes of at least 4 members (excludes halogenated alkanes) is 2. The van der Waals surface area contributed by atoms with Crippen LogP contribution in [0.25, 0.3) is 0 Å². The molecular formula is C34H38F3N3O6. The first-order valence-electron chi connectivity index (χ1n) is 15.4. The fourth-order valence-electron chi connectivity index (χ4n) is 5.53. The van der Waals surface area contributed by atoms with E-state index in [1.807, 2.05) is 6.92 Å². The van der Waals surface area contributed by atoms with Gasteiger partial charge < -0.3 is 20.0 Å². The number of anilines is 1. The van der Waals surface area contributed by atoms with Crippen molar-refractivity contribution < 1.29 is 42.1 Å². The molecule has 46 heavy (non-hydrogen) atoms. The summed E-state index contributed by atoms with van der Waals surface area (Å²) in [7, 11) is 0. The van der Waals surface area contributed by atoms with E-state index in [1.165, 1.54) is 28.1 Å². The van der Waals surface area contributed by atoms with Crippen LogP contribution in [0.5, 0.6) is 5.75 Å². The van der Waals surface area contributed by atoms with Gasteiger partial charge in [-0.25, -0.2) is 9.52 Å². The maximum atomic E-state index is 13.4. The van der Waals surface area contributed by atoms with Crippen LogP contribution in [0.2, 0.25) is 0 Å². The van der Waals surface area contributed by atoms with E-state index in [-0.39, 0.29) is 56.7 Å². The molecule has 1 aromatic heterocycles. The average molecular weight is 642 g/mol. The lowest BCUT2D eigenvalue weighted by Gasteiger charge is -2.24. The second-order valence-corrected chi connectivity index (χ2v) is 11.4. The monoisotopic (exact) mass is 641 g/mol. The molecule has 1 atom stereocenters. The number of alkyl halides is 3. The third-order valence-electron chi connectivity index (χ3n) is 7.91. The van der Waals surface area contributed by atoms with Crippen LogP contribution in [0.3, 0.4) is 0 Å². The first-order chi connectivity index (χ1) is 22.0. The molecule has 0 fully saturated rings. The molecule has 0 spiro atoms. The molecule has 2 heterocycles. The van der Waals surface area contributed by atoms with E-state index in [2.05, 4.69) is 0 Å². The van der Waals surface area contributed by atoms with Gasteiger partial charge in [-0.2, -0.15) is 18.1 Å². The largest absolute Gasteiger partial charge is 0.711 e. The van der Waals surface area contributed by atoms with E-state index < -0.39 is 23.6 Å². The number of pyridine rings is 1. The van der Waals surface area contributed by atoms with E-state index in [1.54, 1.807) is 36.4 Å². The van der Waals surface area contributed by atoms with Gasteiger partial charge in [0, 0.05) is 32.0 Å². The number of nitrogens with zero attached hydrogens (tertiary/aromatic N) is 3. The molecule has 0 aliphatic carbocycles. The fourth-order valence-corrected chi connectivity index (χ4v) is 5.53. The molecule has 2 amide bonds. The van der Waals surface area contributed by atoms with Gasteiger partial charge in [-0.05, 0) is 59.9 Å². The standard InChI is InChI=1S/C34H38F3N3O6/c1-2-3-4-9-31(41)39(30-8-5-6-17-40(30)45)16-7-18-46-29-15-12-25-19-26(21-32(42)43)33(44)38(23-27(25)20-29)22-24-10-13-28(14-11-24)34(35,36)37/h5-6,8,10-15,17,20,26H,2-4,7,9,16,18-19,21-23H2,1H3,(H,42,43). The Kier molecular flexibility index (Phi) is 11.6. The van der Waals surface area contributed by atoms with Gasteiger partial charge in [-0.15, -0.1) is 0 Å². The first kappa shape index (κ1) is 34.3. The van der Waals surface area contributed by atoms with Crippen molar-refractivity contribution in [2.45, 2.75) is 71.1 Å². The lowest BCUT2D eigenvalue weighted by atomic mass is 9.94. The summed E-state index contributed by atoms with van der Waals surface area (Å²) < 4.78 is 45.8. The van der Waals surface area contributed by atoms with Gasteiger partial charge in [0.05, 0.1) is 37.3 Å². The molecule has 3 aromatic rings. The zero-order chi connectivity index (χ0) is 33.3. The highest BCUT2D eigenvalue weighted by molar-refractivity contribution is 5.91. The molecule has 0 saturated heterocycles. The number of fused-ring (bicyclic) bond motifs is 1. The van der Waals surface area contributed by atoms with Gasteiger partial charge in [0.25, 0.3) is 5.82 Å². The Morgan fingerprint density at radius 1 is 1.07 bits per heavy atom. The smallest absolute Gasteiger partial charge is 0.416 e. The molecule has 2 aromatic carbocycles. The van der Waals surface area contributed by atoms with E-state index in [0.717, 1.165) is 42.5 Å². The van der Waals surface area contributed by atoms with Crippen LogP contribution in [0.1, 0.15) is 67.7 Å². The van der Waals surface area contributed by atoms with Crippen molar-refractivity contribution in [1.82, 2.24) is 4.90 Å². The van der Waals surface area contributed by atoms with Crippen molar-refractivity contribution in [2.24, 2.45) is 5.92 Å². The Labute approximate surface area is 265 Å². The van der Waals surface area contributed by atoms with E-state index in [9.17, 15) is 37.9 Å². The number of hydrogen-bond acceptors (Lipinski definition) is 5. The van der Waals surface area contributed by atoms with Crippen molar-refractivity contribution in [1.29, 1.82) is 0 Å². The predicted octanol–water partition coefficient (Wildman–Crippen LogP) is 5.90. The lowest BCUT2D eigenvalue weighted by molar-refractivity contribution is -0.591. The van der Waals surface area contributed by atoms with Gasteiger partial charge in [0.2, 0.25) is 5.91 Å². The highest BCUT2D eigenvalue weighted by Gasteiger charge is 2.33. The molecule has 12 heteroatoms. The molecule has 0 saturated carbocycles. The van der Waals surface area contributed by atoms with Crippen molar-refractivity contribution in [3.05, 3.63) is 94.3 Å². The maximum absolute atomic E-state index is 13.4. The average Bonchev–Trinajstić information content (AvgIpc) is 3.13. The molecule has 246 valence electrons. The van der Waals surface area contributed by atoms with E-state index in [4.69, 9.17) is 4.74 Å². The summed E-state index contributed by atoms with van der Waals surface area (Å²) in [5.74, 6) is -1.71. The van der Waals surface area contributed by atoms with Gasteiger partial charge in [0.15, 0.2) is 0 Å². The van der Waals surface area contributed by atoms with Crippen molar-refractivity contribution in [3.8, 4) is 5.75 Å². The lowest BCUT2D eigenvalue weighted by Crippen LogP contribution is -2.42. The number of rotatable bonds is 14. The second kappa shape index (κ2) is 15.6. The number of benzene rings is 2. The second-order valence-electron chi connectivity index (χ2n) is 11.4. The first-order valence-corrected chi connectivity index (χ1v) is 15.4. The van der Waals surface area contributed by atoms with Gasteiger partial charge in [0.1, 0.15) is 5.75 Å². The van der Waals surface area contributed by atoms with Crippen LogP contribution in [-0.2, 0) is 40.1 Å². The number of halogens is 3. The number of ether oxygens (including phenoxy) is 1. The fraction of sp³-hybridized carbons (Fsp3) is 0.412. The van der Waals surface area contributed by atoms with Crippen LogP contribution in [-0.4, -0.2) is 40.9 Å². The van der Waals surface area contributed by atoms with Gasteiger partial charge in [-0.3, -0.25) is 9.59 Å². The number of carbonyl (C=O) groups excluding carboxylic acids is 2. The Hall–Kier alpha value is -4.61. The number of carboxylic acids is 1. The van der Waals surface area contributed by atoms with Crippen LogP contribution in [0.15, 0.2) is 66.9 Å². The van der Waals surface area contributed by atoms with Crippen molar-refractivity contribution in [2.75, 3.05) is 18.1 Å². The minimum absolute atomic E-state index is 0.0128. The third-order valence-corrected chi connectivity index (χ3v) is 7.91. The normalized spacial score (nSPS) is 14.8. The number of aliphatic carboxylic acids is 1. The highest BCUT2D eigenvalue weighted by Crippen LogP contribution is 2.31. The number of aromatic nitrogens is 1. The van der Waals surface area contributed by atoms with Crippen LogP contribution in [0, 0.1) is 11.1 Å². The minimum Gasteiger partial charge on any atom is -0.711 e. The number of amides is 2. The third kappa shape index (κ3) is 9.21. The summed E-state index contributed by atoms with van der Waals surface area (Å²) in [5, 5.41) is 21.8.